The molecule has 0 spiro atoms. The van der Waals surface area contributed by atoms with Gasteiger partial charge in [-0.15, -0.1) is 6.58 Å². The van der Waals surface area contributed by atoms with E-state index in [0.717, 1.165) is 24.6 Å². The van der Waals surface area contributed by atoms with Crippen LogP contribution in [-0.2, 0) is 6.54 Å². The summed E-state index contributed by atoms with van der Waals surface area (Å²) < 4.78 is 0. The molecule has 3 rings (SSSR count). The van der Waals surface area contributed by atoms with Crippen LogP contribution in [0.25, 0.3) is 0 Å². The van der Waals surface area contributed by atoms with Gasteiger partial charge in [-0.05, 0) is 25.7 Å². The van der Waals surface area contributed by atoms with Gasteiger partial charge < -0.3 is 10.2 Å². The van der Waals surface area contributed by atoms with Gasteiger partial charge in [-0.25, -0.2) is 9.97 Å². The van der Waals surface area contributed by atoms with Crippen LogP contribution in [0.2, 0.25) is 0 Å². The number of nitrogens with zero attached hydrogens (tertiary/aromatic N) is 3. The average Bonchev–Trinajstić information content (AvgIpc) is 3.36. The zero-order valence-corrected chi connectivity index (χ0v) is 13.2. The first-order chi connectivity index (χ1) is 10.2. The second-order valence-electron chi connectivity index (χ2n) is 6.54. The molecular weight excluding hydrogens is 260 g/mol. The van der Waals surface area contributed by atoms with E-state index in [2.05, 4.69) is 35.6 Å². The van der Waals surface area contributed by atoms with Crippen molar-refractivity contribution in [2.24, 2.45) is 0 Å². The molecular formula is C17H26N4. The van der Waals surface area contributed by atoms with E-state index in [9.17, 15) is 0 Å². The summed E-state index contributed by atoms with van der Waals surface area (Å²) in [5.41, 5.74) is 2.34. The van der Waals surface area contributed by atoms with Gasteiger partial charge in [-0.1, -0.05) is 19.9 Å². The maximum atomic E-state index is 4.84. The third-order valence-corrected chi connectivity index (χ3v) is 4.14. The molecule has 2 aliphatic carbocycles. The third kappa shape index (κ3) is 3.62. The van der Waals surface area contributed by atoms with Gasteiger partial charge in [0.05, 0.1) is 17.6 Å². The van der Waals surface area contributed by atoms with Gasteiger partial charge in [0.1, 0.15) is 5.82 Å². The second kappa shape index (κ2) is 6.14. The predicted molar refractivity (Wildman–Crippen MR) is 86.5 cm³/mol. The molecule has 2 saturated carbocycles. The summed E-state index contributed by atoms with van der Waals surface area (Å²) in [6.07, 6.45) is 9.15. The van der Waals surface area contributed by atoms with Crippen LogP contribution in [0.3, 0.4) is 0 Å². The second-order valence-corrected chi connectivity index (χ2v) is 6.54. The fourth-order valence-corrected chi connectivity index (χ4v) is 2.57. The van der Waals surface area contributed by atoms with Gasteiger partial charge in [0.2, 0.25) is 0 Å². The highest BCUT2D eigenvalue weighted by molar-refractivity contribution is 5.52. The Hall–Kier alpha value is -1.42. The third-order valence-electron chi connectivity index (χ3n) is 4.14. The number of hydrogen-bond acceptors (Lipinski definition) is 4. The highest BCUT2D eigenvalue weighted by Crippen LogP contribution is 2.33. The molecule has 0 bridgehead atoms. The highest BCUT2D eigenvalue weighted by atomic mass is 15.2. The fraction of sp³-hybridized carbons (Fsp3) is 0.647. The van der Waals surface area contributed by atoms with Crippen molar-refractivity contribution in [3.8, 4) is 0 Å². The number of anilines is 1. The summed E-state index contributed by atoms with van der Waals surface area (Å²) in [6, 6.07) is 1.35. The van der Waals surface area contributed by atoms with Crippen molar-refractivity contribution < 1.29 is 0 Å². The van der Waals surface area contributed by atoms with Gasteiger partial charge in [-0.2, -0.15) is 0 Å². The Balaban J connectivity index is 1.85. The Morgan fingerprint density at radius 1 is 1.38 bits per heavy atom. The molecule has 0 aliphatic heterocycles. The highest BCUT2D eigenvalue weighted by Gasteiger charge is 2.31. The van der Waals surface area contributed by atoms with Crippen molar-refractivity contribution in [2.75, 3.05) is 11.4 Å². The lowest BCUT2D eigenvalue weighted by atomic mass is 10.2. The summed E-state index contributed by atoms with van der Waals surface area (Å²) in [4.78, 5) is 11.8. The molecule has 114 valence electrons. The van der Waals surface area contributed by atoms with E-state index in [4.69, 9.17) is 4.98 Å². The molecule has 0 aromatic carbocycles. The van der Waals surface area contributed by atoms with Crippen molar-refractivity contribution in [3.05, 3.63) is 30.4 Å². The summed E-state index contributed by atoms with van der Waals surface area (Å²) in [5.74, 6) is 1.31. The van der Waals surface area contributed by atoms with Gasteiger partial charge >= 0.3 is 0 Å². The molecule has 0 unspecified atom stereocenters. The first-order valence-electron chi connectivity index (χ1n) is 8.15. The van der Waals surface area contributed by atoms with E-state index in [1.807, 2.05) is 12.3 Å². The van der Waals surface area contributed by atoms with Crippen molar-refractivity contribution in [2.45, 2.75) is 64.1 Å². The molecule has 4 heteroatoms. The Morgan fingerprint density at radius 2 is 2.14 bits per heavy atom. The maximum absolute atomic E-state index is 4.84. The van der Waals surface area contributed by atoms with Crippen LogP contribution in [0.1, 0.15) is 57.0 Å². The zero-order chi connectivity index (χ0) is 14.8. The molecule has 0 atom stereocenters. The molecule has 0 amide bonds. The Bertz CT molecular complexity index is 504. The van der Waals surface area contributed by atoms with Crippen molar-refractivity contribution in [1.29, 1.82) is 0 Å². The monoisotopic (exact) mass is 286 g/mol. The van der Waals surface area contributed by atoms with Crippen LogP contribution in [-0.4, -0.2) is 28.6 Å². The minimum atomic E-state index is 0.368. The van der Waals surface area contributed by atoms with Crippen LogP contribution in [0, 0.1) is 0 Å². The molecule has 1 heterocycles. The topological polar surface area (TPSA) is 41.1 Å². The summed E-state index contributed by atoms with van der Waals surface area (Å²) in [6.45, 7) is 9.92. The first kappa shape index (κ1) is 14.5. The van der Waals surface area contributed by atoms with Crippen LogP contribution in [0.4, 0.5) is 5.69 Å². The standard InChI is InChI=1S/C17H26N4/c1-4-9-21(14-7-8-14)16-11-19-17(12(2)3)20-15(16)10-18-13-5-6-13/h4,11-14,18H,1,5-10H2,2-3H3. The molecule has 2 aliphatic rings. The van der Waals surface area contributed by atoms with Crippen LogP contribution < -0.4 is 10.2 Å². The maximum Gasteiger partial charge on any atom is 0.131 e. The lowest BCUT2D eigenvalue weighted by Crippen LogP contribution is -2.29. The van der Waals surface area contributed by atoms with E-state index < -0.39 is 0 Å². The van der Waals surface area contributed by atoms with E-state index in [1.54, 1.807) is 0 Å². The molecule has 0 saturated heterocycles. The van der Waals surface area contributed by atoms with E-state index in [-0.39, 0.29) is 0 Å². The van der Waals surface area contributed by atoms with E-state index in [0.29, 0.717) is 18.0 Å². The Labute approximate surface area is 127 Å². The molecule has 1 aromatic heterocycles. The quantitative estimate of drug-likeness (QED) is 0.746. The predicted octanol–water partition coefficient (Wildman–Crippen LogP) is 3.01. The van der Waals surface area contributed by atoms with Crippen LogP contribution in [0.5, 0.6) is 0 Å². The number of nitrogens with one attached hydrogen (secondary N) is 1. The van der Waals surface area contributed by atoms with Gasteiger partial charge in [0.25, 0.3) is 0 Å². The fourth-order valence-electron chi connectivity index (χ4n) is 2.57. The number of hydrogen-bond donors (Lipinski definition) is 1. The van der Waals surface area contributed by atoms with E-state index in [1.165, 1.54) is 31.4 Å². The van der Waals surface area contributed by atoms with Gasteiger partial charge in [-0.3, -0.25) is 0 Å². The molecule has 1 aromatic rings. The minimum Gasteiger partial charge on any atom is -0.362 e. The first-order valence-corrected chi connectivity index (χ1v) is 8.15. The van der Waals surface area contributed by atoms with Crippen LogP contribution in [0.15, 0.2) is 18.9 Å². The molecule has 0 radical (unpaired) electrons. The SMILES string of the molecule is C=CCN(c1cnc(C(C)C)nc1CNC1CC1)C1CC1. The largest absolute Gasteiger partial charge is 0.362 e. The van der Waals surface area contributed by atoms with Crippen molar-refractivity contribution in [1.82, 2.24) is 15.3 Å². The zero-order valence-electron chi connectivity index (χ0n) is 13.2. The van der Waals surface area contributed by atoms with Gasteiger partial charge in [0, 0.05) is 31.1 Å². The summed E-state index contributed by atoms with van der Waals surface area (Å²) in [5, 5.41) is 3.59. The molecule has 21 heavy (non-hydrogen) atoms. The summed E-state index contributed by atoms with van der Waals surface area (Å²) >= 11 is 0. The molecule has 2 fully saturated rings. The lowest BCUT2D eigenvalue weighted by molar-refractivity contribution is 0.654. The van der Waals surface area contributed by atoms with Crippen molar-refractivity contribution in [3.63, 3.8) is 0 Å². The molecule has 1 N–H and O–H groups in total. The van der Waals surface area contributed by atoms with E-state index >= 15 is 0 Å². The van der Waals surface area contributed by atoms with Crippen molar-refractivity contribution >= 4 is 5.69 Å². The smallest absolute Gasteiger partial charge is 0.131 e. The summed E-state index contributed by atoms with van der Waals surface area (Å²) in [7, 11) is 0. The Kier molecular flexibility index (Phi) is 4.24. The normalized spacial score (nSPS) is 18.0. The lowest BCUT2D eigenvalue weighted by Gasteiger charge is -2.25. The molecule has 4 nitrogen and oxygen atoms in total. The minimum absolute atomic E-state index is 0.368. The van der Waals surface area contributed by atoms with Crippen LogP contribution >= 0.6 is 0 Å². The average molecular weight is 286 g/mol. The number of aromatic nitrogens is 2. The van der Waals surface area contributed by atoms with Gasteiger partial charge in [0.15, 0.2) is 0 Å². The number of rotatable bonds is 8. The Morgan fingerprint density at radius 3 is 2.71 bits per heavy atom.